The molecule has 0 aliphatic carbocycles. The van der Waals surface area contributed by atoms with Crippen molar-refractivity contribution in [2.24, 2.45) is 0 Å². The maximum atomic E-state index is 12.7. The van der Waals surface area contributed by atoms with E-state index >= 15 is 0 Å². The molecule has 1 amide bonds. The predicted octanol–water partition coefficient (Wildman–Crippen LogP) is 3.30. The van der Waals surface area contributed by atoms with Crippen molar-refractivity contribution in [3.8, 4) is 21.7 Å². The zero-order chi connectivity index (χ0) is 19.7. The maximum Gasteiger partial charge on any atom is 0.275 e. The Morgan fingerprint density at radius 1 is 1.39 bits per heavy atom. The van der Waals surface area contributed by atoms with E-state index in [9.17, 15) is 9.59 Å². The van der Waals surface area contributed by atoms with Gasteiger partial charge in [-0.1, -0.05) is 17.7 Å². The summed E-state index contributed by atoms with van der Waals surface area (Å²) >= 11 is 7.95. The van der Waals surface area contributed by atoms with E-state index < -0.39 is 0 Å². The highest BCUT2D eigenvalue weighted by Crippen LogP contribution is 2.43. The quantitative estimate of drug-likeness (QED) is 0.525. The molecule has 4 heterocycles. The van der Waals surface area contributed by atoms with Crippen LogP contribution in [0.25, 0.3) is 32.7 Å². The van der Waals surface area contributed by atoms with Gasteiger partial charge in [0.05, 0.1) is 21.9 Å². The monoisotopic (exact) mass is 413 g/mol. The number of amides is 1. The number of aromatic nitrogens is 4. The number of thiophene rings is 1. The van der Waals surface area contributed by atoms with E-state index in [-0.39, 0.29) is 11.5 Å². The van der Waals surface area contributed by atoms with Crippen LogP contribution in [0.4, 0.5) is 0 Å². The second-order valence-electron chi connectivity index (χ2n) is 6.13. The average Bonchev–Trinajstić information content (AvgIpc) is 3.24. The van der Waals surface area contributed by atoms with Crippen molar-refractivity contribution in [2.75, 3.05) is 6.54 Å². The number of H-pyrrole nitrogens is 1. The lowest BCUT2D eigenvalue weighted by atomic mass is 10.1. The molecule has 4 rings (SSSR count). The molecule has 0 fully saturated rings. The number of fused-ring (bicyclic) bond motifs is 1. The average molecular weight is 414 g/mol. The summed E-state index contributed by atoms with van der Waals surface area (Å²) in [5, 5.41) is 5.27. The van der Waals surface area contributed by atoms with Crippen molar-refractivity contribution >= 4 is 39.9 Å². The second-order valence-corrected chi connectivity index (χ2v) is 7.45. The van der Waals surface area contributed by atoms with Crippen molar-refractivity contribution in [3.05, 3.63) is 57.7 Å². The normalized spacial score (nSPS) is 11.1. The van der Waals surface area contributed by atoms with Gasteiger partial charge in [0.25, 0.3) is 5.56 Å². The van der Waals surface area contributed by atoms with Crippen molar-refractivity contribution < 1.29 is 4.79 Å². The van der Waals surface area contributed by atoms with E-state index in [4.69, 9.17) is 11.6 Å². The number of carbonyl (C=O) groups is 1. The summed E-state index contributed by atoms with van der Waals surface area (Å²) in [5.41, 5.74) is 3.17. The molecule has 2 N–H and O–H groups in total. The first-order valence-electron chi connectivity index (χ1n) is 8.56. The van der Waals surface area contributed by atoms with E-state index in [1.54, 1.807) is 12.4 Å². The van der Waals surface area contributed by atoms with Crippen molar-refractivity contribution in [1.82, 2.24) is 24.8 Å². The van der Waals surface area contributed by atoms with Gasteiger partial charge in [-0.2, -0.15) is 0 Å². The van der Waals surface area contributed by atoms with Crippen LogP contribution in [0.2, 0.25) is 5.02 Å². The number of hydrogen-bond donors (Lipinski definition) is 2. The summed E-state index contributed by atoms with van der Waals surface area (Å²) in [7, 11) is 0. The first kappa shape index (κ1) is 18.4. The Labute approximate surface area is 169 Å². The number of nitrogens with zero attached hydrogens (tertiary/aromatic N) is 3. The Balaban J connectivity index is 2.06. The molecule has 0 aromatic carbocycles. The van der Waals surface area contributed by atoms with Crippen LogP contribution < -0.4 is 10.9 Å². The van der Waals surface area contributed by atoms with Gasteiger partial charge in [-0.25, -0.2) is 4.98 Å². The van der Waals surface area contributed by atoms with Gasteiger partial charge in [0.2, 0.25) is 5.91 Å². The topological polar surface area (TPSA) is 92.7 Å². The number of pyridine rings is 1. The van der Waals surface area contributed by atoms with Crippen LogP contribution in [-0.2, 0) is 11.3 Å². The molecule has 4 aromatic heterocycles. The fraction of sp³-hybridized carbons (Fsp3) is 0.158. The van der Waals surface area contributed by atoms with Gasteiger partial charge in [-0.15, -0.1) is 11.3 Å². The summed E-state index contributed by atoms with van der Waals surface area (Å²) in [6.45, 7) is 2.23. The fourth-order valence-corrected chi connectivity index (χ4v) is 4.44. The third-order valence-corrected chi connectivity index (χ3v) is 5.68. The predicted molar refractivity (Wildman–Crippen MR) is 111 cm³/mol. The number of rotatable bonds is 5. The highest BCUT2D eigenvalue weighted by atomic mass is 35.5. The Bertz CT molecular complexity index is 1210. The number of halogens is 1. The molecule has 0 aliphatic heterocycles. The van der Waals surface area contributed by atoms with E-state index in [0.717, 1.165) is 21.7 Å². The van der Waals surface area contributed by atoms with Gasteiger partial charge in [0, 0.05) is 43.5 Å². The van der Waals surface area contributed by atoms with Gasteiger partial charge in [0.15, 0.2) is 0 Å². The Morgan fingerprint density at radius 2 is 2.25 bits per heavy atom. The summed E-state index contributed by atoms with van der Waals surface area (Å²) in [6.07, 6.45) is 4.82. The Kier molecular flexibility index (Phi) is 4.97. The largest absolute Gasteiger partial charge is 0.355 e. The van der Waals surface area contributed by atoms with E-state index in [2.05, 4.69) is 20.3 Å². The summed E-state index contributed by atoms with van der Waals surface area (Å²) in [4.78, 5) is 36.2. The van der Waals surface area contributed by atoms with Crippen LogP contribution in [0.1, 0.15) is 6.92 Å². The van der Waals surface area contributed by atoms with Crippen molar-refractivity contribution in [3.63, 3.8) is 0 Å². The lowest BCUT2D eigenvalue weighted by Crippen LogP contribution is -2.25. The van der Waals surface area contributed by atoms with E-state index in [0.29, 0.717) is 29.1 Å². The highest BCUT2D eigenvalue weighted by Gasteiger charge is 2.25. The third kappa shape index (κ3) is 3.21. The van der Waals surface area contributed by atoms with Crippen LogP contribution in [0.3, 0.4) is 0 Å². The second kappa shape index (κ2) is 7.57. The molecule has 0 saturated heterocycles. The molecule has 142 valence electrons. The molecule has 0 atom stereocenters. The van der Waals surface area contributed by atoms with Crippen molar-refractivity contribution in [2.45, 2.75) is 13.5 Å². The SMILES string of the molecule is CC(=O)NCCn1c(-c2sccc2Cl)c(-c2cccnc2)c2nc[nH]c(=O)c21. The molecule has 0 bridgehead atoms. The minimum Gasteiger partial charge on any atom is -0.355 e. The van der Waals surface area contributed by atoms with Gasteiger partial charge < -0.3 is 14.9 Å². The molecule has 0 aliphatic rings. The molecular formula is C19H16ClN5O2S. The van der Waals surface area contributed by atoms with Gasteiger partial charge in [-0.3, -0.25) is 14.6 Å². The minimum absolute atomic E-state index is 0.133. The van der Waals surface area contributed by atoms with Crippen LogP contribution >= 0.6 is 22.9 Å². The fourth-order valence-electron chi connectivity index (χ4n) is 3.24. The number of aromatic amines is 1. The smallest absolute Gasteiger partial charge is 0.275 e. The molecule has 9 heteroatoms. The lowest BCUT2D eigenvalue weighted by molar-refractivity contribution is -0.118. The molecule has 28 heavy (non-hydrogen) atoms. The van der Waals surface area contributed by atoms with Crippen LogP contribution in [-0.4, -0.2) is 32.0 Å². The van der Waals surface area contributed by atoms with E-state index in [1.807, 2.05) is 28.1 Å². The summed E-state index contributed by atoms with van der Waals surface area (Å²) < 4.78 is 1.87. The molecule has 0 spiro atoms. The highest BCUT2D eigenvalue weighted by molar-refractivity contribution is 7.14. The third-order valence-electron chi connectivity index (χ3n) is 4.33. The standard InChI is InChI=1S/C19H16ClN5O2S/c1-11(26)22-6-7-25-16(18-13(20)4-8-28-18)14(12-3-2-5-21-9-12)15-17(25)19(27)24-10-23-15/h2-5,8-10H,6-7H2,1H3,(H,22,26)(H,23,24,27). The number of carbonyl (C=O) groups excluding carboxylic acids is 1. The first-order valence-corrected chi connectivity index (χ1v) is 9.81. The lowest BCUT2D eigenvalue weighted by Gasteiger charge is -2.12. The zero-order valence-electron chi connectivity index (χ0n) is 14.9. The maximum absolute atomic E-state index is 12.7. The van der Waals surface area contributed by atoms with Gasteiger partial charge in [-0.05, 0) is 17.5 Å². The van der Waals surface area contributed by atoms with Crippen molar-refractivity contribution in [1.29, 1.82) is 0 Å². The summed E-state index contributed by atoms with van der Waals surface area (Å²) in [6, 6.07) is 5.58. The molecule has 7 nitrogen and oxygen atoms in total. The number of nitrogens with one attached hydrogen (secondary N) is 2. The molecule has 0 unspecified atom stereocenters. The zero-order valence-corrected chi connectivity index (χ0v) is 16.5. The first-order chi connectivity index (χ1) is 13.6. The Morgan fingerprint density at radius 3 is 2.93 bits per heavy atom. The van der Waals surface area contributed by atoms with Gasteiger partial charge >= 0.3 is 0 Å². The minimum atomic E-state index is -0.253. The van der Waals surface area contributed by atoms with Crippen LogP contribution in [0, 0.1) is 0 Å². The van der Waals surface area contributed by atoms with E-state index in [1.165, 1.54) is 24.6 Å². The van der Waals surface area contributed by atoms with Crippen LogP contribution in [0.15, 0.2) is 47.1 Å². The number of hydrogen-bond acceptors (Lipinski definition) is 5. The molecule has 4 aromatic rings. The molecule has 0 radical (unpaired) electrons. The van der Waals surface area contributed by atoms with Gasteiger partial charge in [0.1, 0.15) is 11.0 Å². The van der Waals surface area contributed by atoms with Crippen LogP contribution in [0.5, 0.6) is 0 Å². The Hall–Kier alpha value is -2.97. The molecular weight excluding hydrogens is 398 g/mol. The summed E-state index contributed by atoms with van der Waals surface area (Å²) in [5.74, 6) is -0.133. The molecule has 0 saturated carbocycles.